The highest BCUT2D eigenvalue weighted by atomic mass is 35.5. The van der Waals surface area contributed by atoms with Crippen molar-refractivity contribution in [1.29, 1.82) is 0 Å². The Balaban J connectivity index is 2.38. The van der Waals surface area contributed by atoms with Gasteiger partial charge < -0.3 is 10.1 Å². The number of carbonyl (C=O) groups is 1. The van der Waals surface area contributed by atoms with Crippen LogP contribution >= 0.6 is 11.6 Å². The lowest BCUT2D eigenvalue weighted by Gasteiger charge is -2.25. The van der Waals surface area contributed by atoms with Gasteiger partial charge in [-0.05, 0) is 55.8 Å². The van der Waals surface area contributed by atoms with Gasteiger partial charge in [-0.2, -0.15) is 0 Å². The first kappa shape index (κ1) is 21.2. The third-order valence-electron chi connectivity index (χ3n) is 3.80. The van der Waals surface area contributed by atoms with Gasteiger partial charge in [0.15, 0.2) is 0 Å². The van der Waals surface area contributed by atoms with E-state index >= 15 is 0 Å². The number of benzene rings is 2. The van der Waals surface area contributed by atoms with Crippen molar-refractivity contribution in [3.8, 4) is 0 Å². The van der Waals surface area contributed by atoms with Gasteiger partial charge in [-0.25, -0.2) is 8.42 Å². The maximum atomic E-state index is 13.2. The average Bonchev–Trinajstić information content (AvgIpc) is 2.60. The second-order valence-electron chi connectivity index (χ2n) is 6.23. The minimum Gasteiger partial charge on any atom is -0.383 e. The van der Waals surface area contributed by atoms with Crippen LogP contribution in [0.2, 0.25) is 5.02 Å². The Labute approximate surface area is 165 Å². The van der Waals surface area contributed by atoms with Gasteiger partial charge in [0.25, 0.3) is 10.0 Å². The highest BCUT2D eigenvalue weighted by molar-refractivity contribution is 7.92. The lowest BCUT2D eigenvalue weighted by molar-refractivity contribution is -0.120. The molecule has 0 saturated heterocycles. The van der Waals surface area contributed by atoms with E-state index in [1.54, 1.807) is 25.1 Å². The van der Waals surface area contributed by atoms with E-state index in [9.17, 15) is 13.2 Å². The quantitative estimate of drug-likeness (QED) is 0.725. The Bertz CT molecular complexity index is 885. The summed E-state index contributed by atoms with van der Waals surface area (Å²) in [7, 11) is -2.41. The van der Waals surface area contributed by atoms with E-state index in [-0.39, 0.29) is 17.5 Å². The average molecular weight is 411 g/mol. The van der Waals surface area contributed by atoms with Crippen molar-refractivity contribution in [2.45, 2.75) is 24.8 Å². The van der Waals surface area contributed by atoms with Crippen molar-refractivity contribution < 1.29 is 17.9 Å². The van der Waals surface area contributed by atoms with E-state index < -0.39 is 15.9 Å². The number of hydrogen-bond donors (Lipinski definition) is 1. The molecule has 2 aromatic carbocycles. The maximum Gasteiger partial charge on any atom is 0.264 e. The number of carbonyl (C=O) groups excluding carboxylic acids is 1. The smallest absolute Gasteiger partial charge is 0.264 e. The second-order valence-corrected chi connectivity index (χ2v) is 8.53. The van der Waals surface area contributed by atoms with Crippen LogP contribution in [0.5, 0.6) is 0 Å². The van der Waals surface area contributed by atoms with Gasteiger partial charge in [0.1, 0.15) is 6.54 Å². The Kier molecular flexibility index (Phi) is 7.24. The van der Waals surface area contributed by atoms with Crippen LogP contribution in [0.25, 0.3) is 0 Å². The standard InChI is InChI=1S/C19H23ClN2O4S/c1-14-5-4-6-17(11-14)22(12-19(23)21-15(2)13-26-3)27(24,25)18-9-7-16(20)8-10-18/h4-11,15H,12-13H2,1-3H3,(H,21,23)/t15-/m1/s1. The third kappa shape index (κ3) is 5.69. The molecule has 8 heteroatoms. The fourth-order valence-corrected chi connectivity index (χ4v) is 4.11. The molecule has 0 fully saturated rings. The van der Waals surface area contributed by atoms with Crippen LogP contribution in [0.4, 0.5) is 5.69 Å². The zero-order chi connectivity index (χ0) is 20.0. The van der Waals surface area contributed by atoms with Crippen molar-refractivity contribution in [3.63, 3.8) is 0 Å². The molecule has 0 spiro atoms. The minimum atomic E-state index is -3.95. The van der Waals surface area contributed by atoms with Crippen LogP contribution in [0.3, 0.4) is 0 Å². The van der Waals surface area contributed by atoms with Crippen LogP contribution in [0, 0.1) is 6.92 Å². The highest BCUT2D eigenvalue weighted by Gasteiger charge is 2.27. The molecule has 0 saturated carbocycles. The van der Waals surface area contributed by atoms with Crippen LogP contribution in [0.1, 0.15) is 12.5 Å². The number of amides is 1. The molecule has 0 aliphatic carbocycles. The molecule has 0 heterocycles. The number of halogens is 1. The molecular formula is C19H23ClN2O4S. The number of aryl methyl sites for hydroxylation is 1. The molecule has 146 valence electrons. The van der Waals surface area contributed by atoms with Crippen molar-refractivity contribution in [2.75, 3.05) is 24.6 Å². The summed E-state index contributed by atoms with van der Waals surface area (Å²) in [6.07, 6.45) is 0. The predicted octanol–water partition coefficient (Wildman–Crippen LogP) is 2.99. The Hall–Kier alpha value is -2.09. The first-order valence-corrected chi connectivity index (χ1v) is 10.2. The summed E-state index contributed by atoms with van der Waals surface area (Å²) in [6, 6.07) is 12.6. The first-order valence-electron chi connectivity index (χ1n) is 8.37. The Morgan fingerprint density at radius 3 is 2.48 bits per heavy atom. The number of hydrogen-bond acceptors (Lipinski definition) is 4. The molecule has 2 rings (SSSR count). The highest BCUT2D eigenvalue weighted by Crippen LogP contribution is 2.25. The van der Waals surface area contributed by atoms with Crippen LogP contribution in [-0.2, 0) is 19.6 Å². The van der Waals surface area contributed by atoms with Gasteiger partial charge in [-0.1, -0.05) is 23.7 Å². The van der Waals surface area contributed by atoms with Crippen LogP contribution < -0.4 is 9.62 Å². The number of sulfonamides is 1. The van der Waals surface area contributed by atoms with Gasteiger partial charge in [-0.15, -0.1) is 0 Å². The van der Waals surface area contributed by atoms with Gasteiger partial charge in [0.2, 0.25) is 5.91 Å². The number of nitrogens with one attached hydrogen (secondary N) is 1. The summed E-state index contributed by atoms with van der Waals surface area (Å²) in [4.78, 5) is 12.5. The Morgan fingerprint density at radius 2 is 1.89 bits per heavy atom. The maximum absolute atomic E-state index is 13.2. The van der Waals surface area contributed by atoms with Gasteiger partial charge in [0.05, 0.1) is 17.2 Å². The molecular weight excluding hydrogens is 388 g/mol. The summed E-state index contributed by atoms with van der Waals surface area (Å²) in [5, 5.41) is 3.17. The molecule has 27 heavy (non-hydrogen) atoms. The van der Waals surface area contributed by atoms with E-state index in [1.165, 1.54) is 31.4 Å². The van der Waals surface area contributed by atoms with Crippen molar-refractivity contribution in [2.24, 2.45) is 0 Å². The van der Waals surface area contributed by atoms with Gasteiger partial charge in [0, 0.05) is 18.2 Å². The predicted molar refractivity (Wildman–Crippen MR) is 107 cm³/mol. The normalized spacial score (nSPS) is 12.4. The molecule has 0 aromatic heterocycles. The summed E-state index contributed by atoms with van der Waals surface area (Å²) in [5.41, 5.74) is 1.30. The van der Waals surface area contributed by atoms with E-state index in [2.05, 4.69) is 5.32 Å². The van der Waals surface area contributed by atoms with Crippen molar-refractivity contribution >= 4 is 33.2 Å². The van der Waals surface area contributed by atoms with Crippen LogP contribution in [-0.4, -0.2) is 40.6 Å². The van der Waals surface area contributed by atoms with E-state index in [0.29, 0.717) is 17.3 Å². The summed E-state index contributed by atoms with van der Waals surface area (Å²) in [5.74, 6) is -0.418. The molecule has 0 bridgehead atoms. The van der Waals surface area contributed by atoms with E-state index in [0.717, 1.165) is 9.87 Å². The lowest BCUT2D eigenvalue weighted by Crippen LogP contribution is -2.44. The van der Waals surface area contributed by atoms with Crippen molar-refractivity contribution in [1.82, 2.24) is 5.32 Å². The SMILES string of the molecule is COC[C@@H](C)NC(=O)CN(c1cccc(C)c1)S(=O)(=O)c1ccc(Cl)cc1. The molecule has 6 nitrogen and oxygen atoms in total. The zero-order valence-corrected chi connectivity index (χ0v) is 17.0. The van der Waals surface area contributed by atoms with Gasteiger partial charge in [-0.3, -0.25) is 9.10 Å². The Morgan fingerprint density at radius 1 is 1.22 bits per heavy atom. The van der Waals surface area contributed by atoms with Crippen LogP contribution in [0.15, 0.2) is 53.4 Å². The molecule has 1 atom stereocenters. The first-order chi connectivity index (χ1) is 12.7. The molecule has 0 radical (unpaired) electrons. The number of anilines is 1. The molecule has 1 N–H and O–H groups in total. The summed E-state index contributed by atoms with van der Waals surface area (Å²) in [6.45, 7) is 3.63. The molecule has 0 aliphatic rings. The molecule has 0 unspecified atom stereocenters. The fourth-order valence-electron chi connectivity index (χ4n) is 2.57. The number of methoxy groups -OCH3 is 1. The fraction of sp³-hybridized carbons (Fsp3) is 0.316. The summed E-state index contributed by atoms with van der Waals surface area (Å²) >= 11 is 5.87. The zero-order valence-electron chi connectivity index (χ0n) is 15.5. The third-order valence-corrected chi connectivity index (χ3v) is 5.84. The van der Waals surface area contributed by atoms with Crippen molar-refractivity contribution in [3.05, 3.63) is 59.1 Å². The molecule has 1 amide bonds. The largest absolute Gasteiger partial charge is 0.383 e. The number of nitrogens with zero attached hydrogens (tertiary/aromatic N) is 1. The molecule has 2 aromatic rings. The van der Waals surface area contributed by atoms with E-state index in [4.69, 9.17) is 16.3 Å². The number of rotatable bonds is 8. The molecule has 0 aliphatic heterocycles. The number of ether oxygens (including phenoxy) is 1. The monoisotopic (exact) mass is 410 g/mol. The van der Waals surface area contributed by atoms with Gasteiger partial charge >= 0.3 is 0 Å². The second kappa shape index (κ2) is 9.21. The topological polar surface area (TPSA) is 75.7 Å². The van der Waals surface area contributed by atoms with E-state index in [1.807, 2.05) is 13.0 Å². The lowest BCUT2D eigenvalue weighted by atomic mass is 10.2. The minimum absolute atomic E-state index is 0.0612. The summed E-state index contributed by atoms with van der Waals surface area (Å²) < 4.78 is 32.5.